The number of carbonyl (C=O) groups is 1. The van der Waals surface area contributed by atoms with Crippen LogP contribution in [0.25, 0.3) is 0 Å². The van der Waals surface area contributed by atoms with E-state index in [1.165, 1.54) is 6.33 Å². The highest BCUT2D eigenvalue weighted by Crippen LogP contribution is 2.26. The fourth-order valence-electron chi connectivity index (χ4n) is 2.05. The number of benzene rings is 1. The fraction of sp³-hybridized carbons (Fsp3) is 0.0588. The Hall–Kier alpha value is -2.70. The second-order valence-corrected chi connectivity index (χ2v) is 5.90. The van der Waals surface area contributed by atoms with Crippen LogP contribution in [0.1, 0.15) is 16.1 Å². The Morgan fingerprint density at radius 1 is 1.08 bits per heavy atom. The Labute approximate surface area is 154 Å². The zero-order valence-corrected chi connectivity index (χ0v) is 14.4. The van der Waals surface area contributed by atoms with Gasteiger partial charge in [0.2, 0.25) is 0 Å². The maximum atomic E-state index is 12.2. The average Bonchev–Trinajstić information content (AvgIpc) is 2.64. The molecule has 1 amide bonds. The molecule has 0 aliphatic rings. The van der Waals surface area contributed by atoms with Gasteiger partial charge >= 0.3 is 0 Å². The summed E-state index contributed by atoms with van der Waals surface area (Å²) in [4.78, 5) is 24.3. The zero-order valence-electron chi connectivity index (χ0n) is 12.9. The molecule has 126 valence electrons. The third-order valence-electron chi connectivity index (χ3n) is 3.27. The van der Waals surface area contributed by atoms with Crippen molar-refractivity contribution < 1.29 is 4.79 Å². The van der Waals surface area contributed by atoms with Crippen LogP contribution < -0.4 is 10.6 Å². The Morgan fingerprint density at radius 3 is 2.72 bits per heavy atom. The van der Waals surface area contributed by atoms with E-state index in [2.05, 4.69) is 25.6 Å². The minimum Gasteiger partial charge on any atom is -0.347 e. The summed E-state index contributed by atoms with van der Waals surface area (Å²) in [5.74, 6) is 0.170. The summed E-state index contributed by atoms with van der Waals surface area (Å²) in [6.45, 7) is 0.367. The van der Waals surface area contributed by atoms with Gasteiger partial charge in [-0.3, -0.25) is 9.78 Å². The normalized spacial score (nSPS) is 10.3. The van der Waals surface area contributed by atoms with Gasteiger partial charge < -0.3 is 10.6 Å². The number of rotatable bonds is 5. The molecule has 8 heteroatoms. The van der Waals surface area contributed by atoms with E-state index in [9.17, 15) is 4.79 Å². The number of aromatic nitrogens is 3. The molecule has 2 heterocycles. The SMILES string of the molecule is O=C(NCc1cccnc1)c1cc(Nc2ccc(Cl)c(Cl)c2)ncn1. The van der Waals surface area contributed by atoms with Crippen LogP contribution in [-0.2, 0) is 6.54 Å². The summed E-state index contributed by atoms with van der Waals surface area (Å²) in [5, 5.41) is 6.73. The molecule has 0 radical (unpaired) electrons. The van der Waals surface area contributed by atoms with Crippen molar-refractivity contribution in [1.82, 2.24) is 20.3 Å². The van der Waals surface area contributed by atoms with E-state index in [-0.39, 0.29) is 11.6 Å². The quantitative estimate of drug-likeness (QED) is 0.709. The summed E-state index contributed by atoms with van der Waals surface area (Å²) in [7, 11) is 0. The first-order valence-electron chi connectivity index (χ1n) is 7.33. The van der Waals surface area contributed by atoms with E-state index in [0.717, 1.165) is 5.56 Å². The molecule has 0 bridgehead atoms. The summed E-state index contributed by atoms with van der Waals surface area (Å²) < 4.78 is 0. The van der Waals surface area contributed by atoms with Gasteiger partial charge in [0.1, 0.15) is 17.8 Å². The van der Waals surface area contributed by atoms with Crippen LogP contribution in [0, 0.1) is 0 Å². The number of halogens is 2. The maximum absolute atomic E-state index is 12.2. The number of pyridine rings is 1. The first kappa shape index (κ1) is 17.1. The third kappa shape index (κ3) is 4.65. The number of carbonyl (C=O) groups excluding carboxylic acids is 1. The molecule has 2 N–H and O–H groups in total. The highest BCUT2D eigenvalue weighted by atomic mass is 35.5. The van der Waals surface area contributed by atoms with E-state index >= 15 is 0 Å². The Balaban J connectivity index is 1.68. The van der Waals surface area contributed by atoms with Crippen LogP contribution in [0.15, 0.2) is 55.1 Å². The second-order valence-electron chi connectivity index (χ2n) is 5.09. The predicted molar refractivity (Wildman–Crippen MR) is 97.2 cm³/mol. The van der Waals surface area contributed by atoms with Gasteiger partial charge in [0.15, 0.2) is 0 Å². The molecule has 0 spiro atoms. The molecule has 0 saturated heterocycles. The van der Waals surface area contributed by atoms with Gasteiger partial charge in [-0.2, -0.15) is 0 Å². The Morgan fingerprint density at radius 2 is 1.96 bits per heavy atom. The van der Waals surface area contributed by atoms with Gasteiger partial charge in [-0.05, 0) is 29.8 Å². The second kappa shape index (κ2) is 7.92. The van der Waals surface area contributed by atoms with Crippen LogP contribution in [0.5, 0.6) is 0 Å². The Bertz CT molecular complexity index is 889. The number of nitrogens with one attached hydrogen (secondary N) is 2. The highest BCUT2D eigenvalue weighted by molar-refractivity contribution is 6.42. The number of hydrogen-bond acceptors (Lipinski definition) is 5. The molecule has 0 aliphatic carbocycles. The van der Waals surface area contributed by atoms with Crippen LogP contribution in [0.4, 0.5) is 11.5 Å². The van der Waals surface area contributed by atoms with Gasteiger partial charge in [-0.25, -0.2) is 9.97 Å². The van der Waals surface area contributed by atoms with Gasteiger partial charge in [-0.15, -0.1) is 0 Å². The average molecular weight is 374 g/mol. The van der Waals surface area contributed by atoms with Gasteiger partial charge in [0, 0.05) is 30.7 Å². The molecule has 3 aromatic rings. The summed E-state index contributed by atoms with van der Waals surface area (Å²) in [6, 6.07) is 10.4. The van der Waals surface area contributed by atoms with Crippen LogP contribution >= 0.6 is 23.2 Å². The van der Waals surface area contributed by atoms with Crippen LogP contribution in [0.2, 0.25) is 10.0 Å². The molecule has 1 aromatic carbocycles. The van der Waals surface area contributed by atoms with Gasteiger partial charge in [-0.1, -0.05) is 29.3 Å². The lowest BCUT2D eigenvalue weighted by molar-refractivity contribution is 0.0946. The minimum atomic E-state index is -0.302. The van der Waals surface area contributed by atoms with E-state index in [1.807, 2.05) is 12.1 Å². The number of nitrogens with zero attached hydrogens (tertiary/aromatic N) is 3. The molecule has 3 rings (SSSR count). The highest BCUT2D eigenvalue weighted by Gasteiger charge is 2.09. The molecule has 25 heavy (non-hydrogen) atoms. The summed E-state index contributed by atoms with van der Waals surface area (Å²) in [5.41, 5.74) is 1.86. The van der Waals surface area contributed by atoms with Crippen molar-refractivity contribution in [2.24, 2.45) is 0 Å². The monoisotopic (exact) mass is 373 g/mol. The smallest absolute Gasteiger partial charge is 0.270 e. The molecule has 2 aromatic heterocycles. The van der Waals surface area contributed by atoms with Crippen LogP contribution in [-0.4, -0.2) is 20.9 Å². The van der Waals surface area contributed by atoms with Crippen molar-refractivity contribution in [3.8, 4) is 0 Å². The molecular weight excluding hydrogens is 361 g/mol. The summed E-state index contributed by atoms with van der Waals surface area (Å²) >= 11 is 11.9. The summed E-state index contributed by atoms with van der Waals surface area (Å²) in [6.07, 6.45) is 4.69. The molecule has 0 saturated carbocycles. The van der Waals surface area contributed by atoms with Crippen molar-refractivity contribution in [1.29, 1.82) is 0 Å². The van der Waals surface area contributed by atoms with E-state index < -0.39 is 0 Å². The van der Waals surface area contributed by atoms with Crippen molar-refractivity contribution in [3.63, 3.8) is 0 Å². The lowest BCUT2D eigenvalue weighted by atomic mass is 10.2. The third-order valence-corrected chi connectivity index (χ3v) is 4.01. The first-order valence-corrected chi connectivity index (χ1v) is 8.08. The van der Waals surface area contributed by atoms with Crippen molar-refractivity contribution in [2.45, 2.75) is 6.54 Å². The molecule has 0 unspecified atom stereocenters. The van der Waals surface area contributed by atoms with Gasteiger partial charge in [0.05, 0.1) is 10.0 Å². The molecule has 6 nitrogen and oxygen atoms in total. The van der Waals surface area contributed by atoms with E-state index in [1.54, 1.807) is 36.7 Å². The van der Waals surface area contributed by atoms with Crippen LogP contribution in [0.3, 0.4) is 0 Å². The molecule has 0 fully saturated rings. The molecule has 0 atom stereocenters. The van der Waals surface area contributed by atoms with Crippen molar-refractivity contribution in [2.75, 3.05) is 5.32 Å². The lowest BCUT2D eigenvalue weighted by Gasteiger charge is -2.08. The standard InChI is InChI=1S/C17H13Cl2N5O/c18-13-4-3-12(6-14(13)19)24-16-7-15(22-10-23-16)17(25)21-9-11-2-1-5-20-8-11/h1-8,10H,9H2,(H,21,25)(H,22,23,24). The fourth-order valence-corrected chi connectivity index (χ4v) is 2.35. The number of anilines is 2. The van der Waals surface area contributed by atoms with Gasteiger partial charge in [0.25, 0.3) is 5.91 Å². The largest absolute Gasteiger partial charge is 0.347 e. The Kier molecular flexibility index (Phi) is 5.42. The predicted octanol–water partition coefficient (Wildman–Crippen LogP) is 3.85. The first-order chi connectivity index (χ1) is 12.1. The van der Waals surface area contributed by atoms with E-state index in [0.29, 0.717) is 28.1 Å². The molecule has 0 aliphatic heterocycles. The number of amides is 1. The minimum absolute atomic E-state index is 0.251. The number of hydrogen-bond donors (Lipinski definition) is 2. The van der Waals surface area contributed by atoms with Crippen molar-refractivity contribution >= 4 is 40.6 Å². The van der Waals surface area contributed by atoms with Crippen molar-refractivity contribution in [3.05, 3.63) is 76.4 Å². The maximum Gasteiger partial charge on any atom is 0.270 e. The lowest BCUT2D eigenvalue weighted by Crippen LogP contribution is -2.24. The zero-order chi connectivity index (χ0) is 17.6. The van der Waals surface area contributed by atoms with E-state index in [4.69, 9.17) is 23.2 Å². The molecular formula is C17H13Cl2N5O. The topological polar surface area (TPSA) is 79.8 Å².